The fourth-order valence-electron chi connectivity index (χ4n) is 2.19. The minimum atomic E-state index is 0.378. The number of benzene rings is 2. The van der Waals surface area contributed by atoms with E-state index in [1.165, 1.54) is 6.21 Å². The molecule has 0 heterocycles. The lowest BCUT2D eigenvalue weighted by atomic mass is 9.97. The number of nitrogens with one attached hydrogen (secondary N) is 1. The van der Waals surface area contributed by atoms with Crippen LogP contribution in [0.1, 0.15) is 42.0 Å². The second-order valence-electron chi connectivity index (χ2n) is 5.19. The molecule has 0 radical (unpaired) electrons. The zero-order valence-corrected chi connectivity index (χ0v) is 12.3. The van der Waals surface area contributed by atoms with Crippen LogP contribution in [0, 0.1) is 16.7 Å². The van der Waals surface area contributed by atoms with Gasteiger partial charge < -0.3 is 10.1 Å². The Balaban J connectivity index is 2.13. The molecule has 3 nitrogen and oxygen atoms in total. The van der Waals surface area contributed by atoms with Crippen LogP contribution in [-0.2, 0) is 6.61 Å². The van der Waals surface area contributed by atoms with Crippen molar-refractivity contribution in [2.45, 2.75) is 26.4 Å². The minimum absolute atomic E-state index is 0.378. The number of nitriles is 1. The van der Waals surface area contributed by atoms with E-state index in [4.69, 9.17) is 15.4 Å². The van der Waals surface area contributed by atoms with Crippen LogP contribution in [0.5, 0.6) is 5.75 Å². The van der Waals surface area contributed by atoms with E-state index >= 15 is 0 Å². The Morgan fingerprint density at radius 3 is 2.71 bits per heavy atom. The van der Waals surface area contributed by atoms with Crippen molar-refractivity contribution in [1.29, 1.82) is 10.7 Å². The predicted octanol–water partition coefficient (Wildman–Crippen LogP) is 4.26. The molecular weight excluding hydrogens is 260 g/mol. The third kappa shape index (κ3) is 3.70. The number of rotatable bonds is 5. The SMILES string of the molecule is CC(C)c1ccc(OCc2cccc(C#N)c2)cc1C=N. The zero-order chi connectivity index (χ0) is 15.2. The van der Waals surface area contributed by atoms with Crippen LogP contribution >= 0.6 is 0 Å². The van der Waals surface area contributed by atoms with Gasteiger partial charge >= 0.3 is 0 Å². The Kier molecular flexibility index (Phi) is 4.73. The molecule has 0 amide bonds. The van der Waals surface area contributed by atoms with Crippen LogP contribution < -0.4 is 4.74 Å². The summed E-state index contributed by atoms with van der Waals surface area (Å²) in [5.74, 6) is 1.11. The summed E-state index contributed by atoms with van der Waals surface area (Å²) < 4.78 is 5.76. The van der Waals surface area contributed by atoms with Gasteiger partial charge in [0, 0.05) is 6.21 Å². The van der Waals surface area contributed by atoms with E-state index in [2.05, 4.69) is 19.9 Å². The van der Waals surface area contributed by atoms with Crippen LogP contribution in [0.15, 0.2) is 42.5 Å². The fraction of sp³-hybridized carbons (Fsp3) is 0.222. The number of hydrogen-bond donors (Lipinski definition) is 1. The van der Waals surface area contributed by atoms with Crippen LogP contribution in [0.3, 0.4) is 0 Å². The summed E-state index contributed by atoms with van der Waals surface area (Å²) in [6.45, 7) is 4.63. The molecule has 2 aromatic carbocycles. The molecular formula is C18H18N2O. The molecule has 0 saturated heterocycles. The molecule has 0 aliphatic rings. The van der Waals surface area contributed by atoms with Gasteiger partial charge in [-0.2, -0.15) is 5.26 Å². The van der Waals surface area contributed by atoms with Crippen molar-refractivity contribution in [1.82, 2.24) is 0 Å². The summed E-state index contributed by atoms with van der Waals surface area (Å²) in [6, 6.07) is 15.3. The number of hydrogen-bond acceptors (Lipinski definition) is 3. The first-order valence-corrected chi connectivity index (χ1v) is 6.90. The van der Waals surface area contributed by atoms with E-state index in [1.807, 2.05) is 36.4 Å². The standard InChI is InChI=1S/C18H18N2O/c1-13(2)18-7-6-17(9-16(18)11-20)21-12-15-5-3-4-14(8-15)10-19/h3-9,11,13,20H,12H2,1-2H3. The van der Waals surface area contributed by atoms with Gasteiger partial charge in [0.25, 0.3) is 0 Å². The van der Waals surface area contributed by atoms with E-state index in [-0.39, 0.29) is 0 Å². The summed E-state index contributed by atoms with van der Waals surface area (Å²) >= 11 is 0. The van der Waals surface area contributed by atoms with Gasteiger partial charge in [0.05, 0.1) is 11.6 Å². The van der Waals surface area contributed by atoms with Gasteiger partial charge in [-0.1, -0.05) is 32.0 Å². The monoisotopic (exact) mass is 278 g/mol. The first-order valence-electron chi connectivity index (χ1n) is 6.90. The molecule has 3 heteroatoms. The van der Waals surface area contributed by atoms with Crippen molar-refractivity contribution in [3.05, 3.63) is 64.7 Å². The van der Waals surface area contributed by atoms with Gasteiger partial charge in [-0.05, 0) is 46.9 Å². The molecule has 21 heavy (non-hydrogen) atoms. The first kappa shape index (κ1) is 14.8. The highest BCUT2D eigenvalue weighted by Gasteiger charge is 2.06. The van der Waals surface area contributed by atoms with Gasteiger partial charge in [-0.15, -0.1) is 0 Å². The smallest absolute Gasteiger partial charge is 0.120 e. The summed E-state index contributed by atoms with van der Waals surface area (Å²) in [7, 11) is 0. The van der Waals surface area contributed by atoms with E-state index < -0.39 is 0 Å². The molecule has 0 spiro atoms. The van der Waals surface area contributed by atoms with E-state index in [1.54, 1.807) is 6.07 Å². The lowest BCUT2D eigenvalue weighted by Gasteiger charge is -2.12. The summed E-state index contributed by atoms with van der Waals surface area (Å²) in [5, 5.41) is 16.4. The van der Waals surface area contributed by atoms with Gasteiger partial charge in [0.15, 0.2) is 0 Å². The Bertz CT molecular complexity index is 684. The average molecular weight is 278 g/mol. The minimum Gasteiger partial charge on any atom is -0.489 e. The number of ether oxygens (including phenoxy) is 1. The van der Waals surface area contributed by atoms with Crippen molar-refractivity contribution in [2.75, 3.05) is 0 Å². The largest absolute Gasteiger partial charge is 0.489 e. The summed E-state index contributed by atoms with van der Waals surface area (Å²) in [5.41, 5.74) is 3.61. The summed E-state index contributed by atoms with van der Waals surface area (Å²) in [6.07, 6.45) is 1.36. The molecule has 0 aromatic heterocycles. The van der Waals surface area contributed by atoms with Crippen LogP contribution in [0.4, 0.5) is 0 Å². The topological polar surface area (TPSA) is 56.9 Å². The molecule has 106 valence electrons. The normalized spacial score (nSPS) is 10.2. The Morgan fingerprint density at radius 1 is 1.24 bits per heavy atom. The highest BCUT2D eigenvalue weighted by molar-refractivity contribution is 5.80. The fourth-order valence-corrected chi connectivity index (χ4v) is 2.19. The average Bonchev–Trinajstić information content (AvgIpc) is 2.52. The molecule has 0 unspecified atom stereocenters. The second-order valence-corrected chi connectivity index (χ2v) is 5.19. The molecule has 2 aromatic rings. The van der Waals surface area contributed by atoms with E-state index in [9.17, 15) is 0 Å². The molecule has 0 fully saturated rings. The van der Waals surface area contributed by atoms with Crippen LogP contribution in [0.2, 0.25) is 0 Å². The van der Waals surface area contributed by atoms with Gasteiger partial charge in [-0.3, -0.25) is 0 Å². The quantitative estimate of drug-likeness (QED) is 0.831. The summed E-state index contributed by atoms with van der Waals surface area (Å²) in [4.78, 5) is 0. The molecule has 0 atom stereocenters. The van der Waals surface area contributed by atoms with Crippen molar-refractivity contribution >= 4 is 6.21 Å². The van der Waals surface area contributed by atoms with Crippen molar-refractivity contribution in [3.63, 3.8) is 0 Å². The lowest BCUT2D eigenvalue weighted by Crippen LogP contribution is -1.99. The van der Waals surface area contributed by atoms with E-state index in [0.717, 1.165) is 22.4 Å². The predicted molar refractivity (Wildman–Crippen MR) is 83.9 cm³/mol. The molecule has 1 N–H and O–H groups in total. The van der Waals surface area contributed by atoms with Crippen molar-refractivity contribution in [2.24, 2.45) is 0 Å². The molecule has 0 bridgehead atoms. The Morgan fingerprint density at radius 2 is 2.05 bits per heavy atom. The van der Waals surface area contributed by atoms with Crippen LogP contribution in [-0.4, -0.2) is 6.21 Å². The molecule has 2 rings (SSSR count). The third-order valence-electron chi connectivity index (χ3n) is 3.30. The van der Waals surface area contributed by atoms with Gasteiger partial charge in [-0.25, -0.2) is 0 Å². The second kappa shape index (κ2) is 6.71. The van der Waals surface area contributed by atoms with Gasteiger partial charge in [0.1, 0.15) is 12.4 Å². The zero-order valence-electron chi connectivity index (χ0n) is 12.3. The molecule has 0 aliphatic heterocycles. The maximum atomic E-state index is 8.88. The Hall–Kier alpha value is -2.60. The van der Waals surface area contributed by atoms with Gasteiger partial charge in [0.2, 0.25) is 0 Å². The van der Waals surface area contributed by atoms with Crippen molar-refractivity contribution in [3.8, 4) is 11.8 Å². The lowest BCUT2D eigenvalue weighted by molar-refractivity contribution is 0.306. The number of nitrogens with zero attached hydrogens (tertiary/aromatic N) is 1. The Labute approximate surface area is 125 Å². The maximum absolute atomic E-state index is 8.88. The maximum Gasteiger partial charge on any atom is 0.120 e. The third-order valence-corrected chi connectivity index (χ3v) is 3.30. The van der Waals surface area contributed by atoms with Crippen LogP contribution in [0.25, 0.3) is 0 Å². The van der Waals surface area contributed by atoms with Crippen molar-refractivity contribution < 1.29 is 4.74 Å². The first-order chi connectivity index (χ1) is 10.1. The molecule has 0 saturated carbocycles. The highest BCUT2D eigenvalue weighted by atomic mass is 16.5. The molecule has 0 aliphatic carbocycles. The highest BCUT2D eigenvalue weighted by Crippen LogP contribution is 2.23. The van der Waals surface area contributed by atoms with E-state index in [0.29, 0.717) is 18.1 Å².